The number of H-pyrrole nitrogens is 1. The number of rotatable bonds is 5. The van der Waals surface area contributed by atoms with E-state index in [1.807, 2.05) is 66.2 Å². The van der Waals surface area contributed by atoms with Crippen LogP contribution in [0.4, 0.5) is 5.13 Å². The number of thiazole rings is 1. The van der Waals surface area contributed by atoms with E-state index in [1.54, 1.807) is 24.3 Å². The molecule has 170 valence electrons. The van der Waals surface area contributed by atoms with Crippen LogP contribution in [0.3, 0.4) is 0 Å². The Bertz CT molecular complexity index is 1750. The van der Waals surface area contributed by atoms with Crippen molar-refractivity contribution in [1.82, 2.24) is 19.7 Å². The first kappa shape index (κ1) is 21.0. The molecule has 0 radical (unpaired) electrons. The first-order valence-corrected chi connectivity index (χ1v) is 11.9. The van der Waals surface area contributed by atoms with Gasteiger partial charge in [-0.05, 0) is 17.7 Å². The van der Waals surface area contributed by atoms with Crippen molar-refractivity contribution in [2.45, 2.75) is 6.54 Å². The number of benzene rings is 3. The Kier molecular flexibility index (Phi) is 5.20. The third kappa shape index (κ3) is 3.89. The molecule has 3 aromatic carbocycles. The van der Waals surface area contributed by atoms with Gasteiger partial charge >= 0.3 is 0 Å². The Hall–Kier alpha value is -4.56. The Balaban J connectivity index is 1.35. The molecule has 3 heterocycles. The largest absolute Gasteiger partial charge is 0.360 e. The van der Waals surface area contributed by atoms with E-state index in [-0.39, 0.29) is 17.8 Å². The number of aromatic amines is 1. The molecule has 6 rings (SSSR count). The summed E-state index contributed by atoms with van der Waals surface area (Å²) in [5, 5.41) is 11.7. The number of anilines is 1. The van der Waals surface area contributed by atoms with Crippen molar-refractivity contribution in [3.8, 4) is 11.3 Å². The van der Waals surface area contributed by atoms with E-state index < -0.39 is 5.91 Å². The van der Waals surface area contributed by atoms with Crippen LogP contribution in [0.1, 0.15) is 16.1 Å². The van der Waals surface area contributed by atoms with Crippen molar-refractivity contribution in [2.24, 2.45) is 0 Å². The van der Waals surface area contributed by atoms with E-state index in [1.165, 1.54) is 16.0 Å². The maximum absolute atomic E-state index is 13.3. The summed E-state index contributed by atoms with van der Waals surface area (Å²) in [7, 11) is 0. The van der Waals surface area contributed by atoms with Gasteiger partial charge in [-0.2, -0.15) is 5.10 Å². The number of para-hydroxylation sites is 1. The summed E-state index contributed by atoms with van der Waals surface area (Å²) < 4.78 is 1.34. The lowest BCUT2D eigenvalue weighted by molar-refractivity contribution is 0.102. The van der Waals surface area contributed by atoms with E-state index in [4.69, 9.17) is 0 Å². The summed E-state index contributed by atoms with van der Waals surface area (Å²) in [5.74, 6) is -0.414. The zero-order chi connectivity index (χ0) is 23.8. The van der Waals surface area contributed by atoms with Gasteiger partial charge in [-0.25, -0.2) is 9.67 Å². The second-order valence-electron chi connectivity index (χ2n) is 8.08. The molecule has 0 fully saturated rings. The number of nitrogens with one attached hydrogen (secondary N) is 2. The molecule has 0 aliphatic heterocycles. The molecule has 0 unspecified atom stereocenters. The van der Waals surface area contributed by atoms with E-state index >= 15 is 0 Å². The van der Waals surface area contributed by atoms with Gasteiger partial charge in [0, 0.05) is 33.4 Å². The topological polar surface area (TPSA) is 92.7 Å². The van der Waals surface area contributed by atoms with Gasteiger partial charge in [0.15, 0.2) is 10.8 Å². The lowest BCUT2D eigenvalue weighted by Gasteiger charge is -2.10. The molecule has 8 heteroatoms. The maximum atomic E-state index is 13.3. The molecule has 35 heavy (non-hydrogen) atoms. The molecule has 0 atom stereocenters. The molecule has 0 saturated carbocycles. The summed E-state index contributed by atoms with van der Waals surface area (Å²) in [5.41, 5.74) is 3.63. The summed E-state index contributed by atoms with van der Waals surface area (Å²) in [6.07, 6.45) is 1.92. The minimum Gasteiger partial charge on any atom is -0.360 e. The summed E-state index contributed by atoms with van der Waals surface area (Å²) in [6, 6.07) is 24.6. The maximum Gasteiger partial charge on any atom is 0.278 e. The summed E-state index contributed by atoms with van der Waals surface area (Å²) in [4.78, 5) is 34.3. The number of carbonyl (C=O) groups excluding carboxylic acids is 1. The number of carbonyl (C=O) groups is 1. The van der Waals surface area contributed by atoms with Crippen LogP contribution < -0.4 is 10.9 Å². The van der Waals surface area contributed by atoms with Crippen LogP contribution in [-0.4, -0.2) is 25.7 Å². The summed E-state index contributed by atoms with van der Waals surface area (Å²) >= 11 is 1.34. The Morgan fingerprint density at radius 3 is 2.46 bits per heavy atom. The minimum atomic E-state index is -0.414. The van der Waals surface area contributed by atoms with Gasteiger partial charge in [-0.3, -0.25) is 14.9 Å². The van der Waals surface area contributed by atoms with Crippen molar-refractivity contribution in [1.29, 1.82) is 0 Å². The lowest BCUT2D eigenvalue weighted by Crippen LogP contribution is -2.28. The molecule has 1 amide bonds. The van der Waals surface area contributed by atoms with Gasteiger partial charge in [0.05, 0.1) is 17.6 Å². The lowest BCUT2D eigenvalue weighted by atomic mass is 10.1. The van der Waals surface area contributed by atoms with Crippen molar-refractivity contribution in [3.63, 3.8) is 0 Å². The zero-order valence-corrected chi connectivity index (χ0v) is 19.3. The van der Waals surface area contributed by atoms with Gasteiger partial charge in [0.2, 0.25) is 0 Å². The fraction of sp³-hybridized carbons (Fsp3) is 0.0370. The smallest absolute Gasteiger partial charge is 0.278 e. The van der Waals surface area contributed by atoms with Gasteiger partial charge in [0.1, 0.15) is 0 Å². The van der Waals surface area contributed by atoms with Gasteiger partial charge in [-0.15, -0.1) is 11.3 Å². The fourth-order valence-electron chi connectivity index (χ4n) is 4.16. The van der Waals surface area contributed by atoms with Crippen molar-refractivity contribution < 1.29 is 4.79 Å². The highest BCUT2D eigenvalue weighted by molar-refractivity contribution is 7.14. The monoisotopic (exact) mass is 477 g/mol. The average Bonchev–Trinajstić information content (AvgIpc) is 3.53. The third-order valence-corrected chi connectivity index (χ3v) is 6.61. The molecule has 7 nitrogen and oxygen atoms in total. The van der Waals surface area contributed by atoms with Crippen LogP contribution in [0.25, 0.3) is 32.9 Å². The summed E-state index contributed by atoms with van der Waals surface area (Å²) in [6.45, 7) is 0.271. The van der Waals surface area contributed by atoms with Gasteiger partial charge < -0.3 is 4.98 Å². The van der Waals surface area contributed by atoms with Gasteiger partial charge in [0.25, 0.3) is 11.5 Å². The minimum absolute atomic E-state index is 0.181. The van der Waals surface area contributed by atoms with Gasteiger partial charge in [-0.1, -0.05) is 66.7 Å². The van der Waals surface area contributed by atoms with Crippen LogP contribution in [0.2, 0.25) is 0 Å². The Morgan fingerprint density at radius 1 is 0.914 bits per heavy atom. The predicted molar refractivity (Wildman–Crippen MR) is 139 cm³/mol. The first-order chi connectivity index (χ1) is 17.2. The zero-order valence-electron chi connectivity index (χ0n) is 18.4. The molecule has 0 aliphatic rings. The normalized spacial score (nSPS) is 11.2. The second kappa shape index (κ2) is 8.66. The number of amides is 1. The highest BCUT2D eigenvalue weighted by Crippen LogP contribution is 2.31. The number of aromatic nitrogens is 4. The van der Waals surface area contributed by atoms with Crippen molar-refractivity contribution in [2.75, 3.05) is 5.32 Å². The molecule has 0 aliphatic carbocycles. The predicted octanol–water partition coefficient (Wildman–Crippen LogP) is 5.30. The molecule has 3 aromatic heterocycles. The van der Waals surface area contributed by atoms with Crippen LogP contribution in [-0.2, 0) is 6.54 Å². The molecular formula is C27H19N5O2S. The molecular weight excluding hydrogens is 458 g/mol. The van der Waals surface area contributed by atoms with E-state index in [2.05, 4.69) is 20.4 Å². The highest BCUT2D eigenvalue weighted by Gasteiger charge is 2.19. The molecule has 6 aromatic rings. The Labute approximate surface area is 203 Å². The molecule has 0 bridgehead atoms. The highest BCUT2D eigenvalue weighted by atomic mass is 32.1. The third-order valence-electron chi connectivity index (χ3n) is 5.85. The first-order valence-electron chi connectivity index (χ1n) is 11.0. The van der Waals surface area contributed by atoms with Crippen molar-refractivity contribution in [3.05, 3.63) is 112 Å². The van der Waals surface area contributed by atoms with Crippen LogP contribution in [0.5, 0.6) is 0 Å². The SMILES string of the molecule is O=C(Nc1nc(-c2c[nH]c3ccccc23)cs1)c1nn(Cc2ccccc2)c(=O)c2ccccc12. The van der Waals surface area contributed by atoms with Crippen LogP contribution in [0, 0.1) is 0 Å². The molecule has 2 N–H and O–H groups in total. The number of nitrogens with zero attached hydrogens (tertiary/aromatic N) is 3. The van der Waals surface area contributed by atoms with Crippen molar-refractivity contribution >= 4 is 44.1 Å². The van der Waals surface area contributed by atoms with Crippen LogP contribution in [0.15, 0.2) is 95.2 Å². The van der Waals surface area contributed by atoms with E-state index in [9.17, 15) is 9.59 Å². The number of hydrogen-bond acceptors (Lipinski definition) is 5. The number of fused-ring (bicyclic) bond motifs is 2. The molecule has 0 spiro atoms. The Morgan fingerprint density at radius 2 is 1.63 bits per heavy atom. The standard InChI is InChI=1S/C27H19N5O2S/c33-25(30-27-29-23(16-35-27)21-14-28-22-13-7-6-10-18(21)22)24-19-11-4-5-12-20(19)26(34)32(31-24)15-17-8-2-1-3-9-17/h1-14,16,28H,15H2,(H,29,30,33). The second-order valence-corrected chi connectivity index (χ2v) is 8.94. The van der Waals surface area contributed by atoms with E-state index in [0.717, 1.165) is 27.7 Å². The number of hydrogen-bond donors (Lipinski definition) is 2. The average molecular weight is 478 g/mol. The quantitative estimate of drug-likeness (QED) is 0.352. The molecule has 0 saturated heterocycles. The fourth-order valence-corrected chi connectivity index (χ4v) is 4.87. The van der Waals surface area contributed by atoms with Crippen LogP contribution >= 0.6 is 11.3 Å². The van der Waals surface area contributed by atoms with E-state index in [0.29, 0.717) is 15.9 Å².